The largest absolute Gasteiger partial charge is 0.368 e. The second kappa shape index (κ2) is 4.78. The Morgan fingerprint density at radius 3 is 2.25 bits per heavy atom. The maximum absolute atomic E-state index is 12.9. The third-order valence-electron chi connectivity index (χ3n) is 4.13. The molecule has 1 amide bonds. The van der Waals surface area contributed by atoms with Crippen LogP contribution in [0.2, 0.25) is 0 Å². The van der Waals surface area contributed by atoms with E-state index in [1.807, 2.05) is 0 Å². The Balaban J connectivity index is 1.61. The predicted molar refractivity (Wildman–Crippen MR) is 72.5 cm³/mol. The topological polar surface area (TPSA) is 47.3 Å². The average molecular weight is 273 g/mol. The summed E-state index contributed by atoms with van der Waals surface area (Å²) < 4.78 is 12.9. The van der Waals surface area contributed by atoms with Crippen molar-refractivity contribution in [3.05, 3.63) is 30.1 Å². The Hall–Kier alpha value is -2.09. The van der Waals surface area contributed by atoms with Gasteiger partial charge < -0.3 is 9.80 Å². The Morgan fingerprint density at radius 1 is 1.15 bits per heavy atom. The van der Waals surface area contributed by atoms with Gasteiger partial charge in [0, 0.05) is 31.9 Å². The van der Waals surface area contributed by atoms with E-state index in [0.29, 0.717) is 25.9 Å². The van der Waals surface area contributed by atoms with Crippen molar-refractivity contribution in [3.63, 3.8) is 0 Å². The molecule has 0 aromatic heterocycles. The number of carbonyl (C=O) groups excluding carboxylic acids is 1. The summed E-state index contributed by atoms with van der Waals surface area (Å²) >= 11 is 0. The lowest BCUT2D eigenvalue weighted by molar-refractivity contribution is -0.135. The van der Waals surface area contributed by atoms with Crippen molar-refractivity contribution in [1.82, 2.24) is 4.90 Å². The third-order valence-corrected chi connectivity index (χ3v) is 4.13. The molecular formula is C15H16FN3O. The number of piperazine rings is 1. The van der Waals surface area contributed by atoms with Crippen molar-refractivity contribution in [2.24, 2.45) is 5.41 Å². The maximum Gasteiger partial charge on any atom is 0.243 e. The standard InChI is InChI=1S/C15H16FN3O/c16-12-1-3-13(4-2-12)18-7-9-19(10-8-18)14(20)15(11-17)5-6-15/h1-4H,5-10H2. The fourth-order valence-electron chi connectivity index (χ4n) is 2.62. The lowest BCUT2D eigenvalue weighted by atomic mass is 10.1. The van der Waals surface area contributed by atoms with E-state index in [9.17, 15) is 9.18 Å². The van der Waals surface area contributed by atoms with Gasteiger partial charge in [-0.05, 0) is 37.1 Å². The Kier molecular flexibility index (Phi) is 3.09. The Labute approximate surface area is 117 Å². The van der Waals surface area contributed by atoms with Crippen LogP contribution < -0.4 is 4.90 Å². The van der Waals surface area contributed by atoms with Crippen molar-refractivity contribution < 1.29 is 9.18 Å². The summed E-state index contributed by atoms with van der Waals surface area (Å²) in [6.07, 6.45) is 1.39. The summed E-state index contributed by atoms with van der Waals surface area (Å²) in [4.78, 5) is 16.2. The van der Waals surface area contributed by atoms with Gasteiger partial charge in [0.15, 0.2) is 0 Å². The lowest BCUT2D eigenvalue weighted by Crippen LogP contribution is -2.50. The fourth-order valence-corrected chi connectivity index (χ4v) is 2.62. The third kappa shape index (κ3) is 2.22. The minimum absolute atomic E-state index is 0.0150. The second-order valence-corrected chi connectivity index (χ2v) is 5.45. The number of nitriles is 1. The molecule has 1 aliphatic carbocycles. The molecule has 3 rings (SSSR count). The van der Waals surface area contributed by atoms with Crippen LogP contribution in [0, 0.1) is 22.6 Å². The van der Waals surface area contributed by atoms with Gasteiger partial charge in [-0.15, -0.1) is 0 Å². The minimum Gasteiger partial charge on any atom is -0.368 e. The molecule has 0 bridgehead atoms. The second-order valence-electron chi connectivity index (χ2n) is 5.45. The zero-order valence-electron chi connectivity index (χ0n) is 11.2. The molecule has 2 fully saturated rings. The smallest absolute Gasteiger partial charge is 0.243 e. The van der Waals surface area contributed by atoms with Crippen LogP contribution in [-0.4, -0.2) is 37.0 Å². The first-order valence-corrected chi connectivity index (χ1v) is 6.86. The molecule has 1 heterocycles. The molecule has 20 heavy (non-hydrogen) atoms. The monoisotopic (exact) mass is 273 g/mol. The van der Waals surface area contributed by atoms with E-state index in [1.54, 1.807) is 17.0 Å². The summed E-state index contributed by atoms with van der Waals surface area (Å²) in [5.74, 6) is -0.258. The molecule has 1 saturated carbocycles. The lowest BCUT2D eigenvalue weighted by Gasteiger charge is -2.36. The first kappa shape index (κ1) is 12.9. The highest BCUT2D eigenvalue weighted by atomic mass is 19.1. The highest BCUT2D eigenvalue weighted by Crippen LogP contribution is 2.46. The van der Waals surface area contributed by atoms with Crippen LogP contribution in [0.4, 0.5) is 10.1 Å². The first-order chi connectivity index (χ1) is 9.64. The first-order valence-electron chi connectivity index (χ1n) is 6.86. The van der Waals surface area contributed by atoms with Crippen molar-refractivity contribution >= 4 is 11.6 Å². The number of anilines is 1. The number of carbonyl (C=O) groups is 1. The molecule has 4 nitrogen and oxygen atoms in total. The highest BCUT2D eigenvalue weighted by Gasteiger charge is 2.52. The number of rotatable bonds is 2. The number of nitrogens with zero attached hydrogens (tertiary/aromatic N) is 3. The molecule has 5 heteroatoms. The summed E-state index contributed by atoms with van der Waals surface area (Å²) in [6, 6.07) is 8.55. The molecule has 0 spiro atoms. The Bertz CT molecular complexity index is 551. The van der Waals surface area contributed by atoms with Gasteiger partial charge in [0.2, 0.25) is 5.91 Å². The van der Waals surface area contributed by atoms with Crippen LogP contribution in [0.25, 0.3) is 0 Å². The maximum atomic E-state index is 12.9. The van der Waals surface area contributed by atoms with E-state index in [2.05, 4.69) is 11.0 Å². The van der Waals surface area contributed by atoms with Crippen LogP contribution in [-0.2, 0) is 4.79 Å². The number of amides is 1. The number of hydrogen-bond acceptors (Lipinski definition) is 3. The molecule has 1 aliphatic heterocycles. The molecule has 0 N–H and O–H groups in total. The fraction of sp³-hybridized carbons (Fsp3) is 0.467. The van der Waals surface area contributed by atoms with Gasteiger partial charge in [-0.25, -0.2) is 4.39 Å². The summed E-state index contributed by atoms with van der Waals surface area (Å²) in [5.41, 5.74) is 0.248. The summed E-state index contributed by atoms with van der Waals surface area (Å²) in [6.45, 7) is 2.69. The van der Waals surface area contributed by atoms with Crippen LogP contribution in [0.3, 0.4) is 0 Å². The quantitative estimate of drug-likeness (QED) is 0.825. The highest BCUT2D eigenvalue weighted by molar-refractivity contribution is 5.88. The van der Waals surface area contributed by atoms with E-state index >= 15 is 0 Å². The zero-order chi connectivity index (χ0) is 14.2. The van der Waals surface area contributed by atoms with E-state index in [-0.39, 0.29) is 11.7 Å². The predicted octanol–water partition coefficient (Wildman–Crippen LogP) is 1.78. The van der Waals surface area contributed by atoms with Gasteiger partial charge in [0.25, 0.3) is 0 Å². The van der Waals surface area contributed by atoms with Gasteiger partial charge >= 0.3 is 0 Å². The van der Waals surface area contributed by atoms with E-state index in [4.69, 9.17) is 5.26 Å². The van der Waals surface area contributed by atoms with Crippen LogP contribution in [0.1, 0.15) is 12.8 Å². The average Bonchev–Trinajstić information content (AvgIpc) is 3.29. The van der Waals surface area contributed by atoms with Gasteiger partial charge in [-0.2, -0.15) is 5.26 Å². The molecule has 1 aromatic carbocycles. The molecule has 0 unspecified atom stereocenters. The molecule has 104 valence electrons. The van der Waals surface area contributed by atoms with E-state index in [1.165, 1.54) is 12.1 Å². The van der Waals surface area contributed by atoms with Crippen molar-refractivity contribution in [1.29, 1.82) is 5.26 Å². The SMILES string of the molecule is N#CC1(C(=O)N2CCN(c3ccc(F)cc3)CC2)CC1. The van der Waals surface area contributed by atoms with Crippen molar-refractivity contribution in [2.45, 2.75) is 12.8 Å². The van der Waals surface area contributed by atoms with Crippen molar-refractivity contribution in [3.8, 4) is 6.07 Å². The molecule has 1 aromatic rings. The molecule has 0 atom stereocenters. The van der Waals surface area contributed by atoms with E-state index in [0.717, 1.165) is 18.8 Å². The summed E-state index contributed by atoms with van der Waals surface area (Å²) in [7, 11) is 0. The number of halogens is 1. The van der Waals surface area contributed by atoms with Crippen LogP contribution in [0.5, 0.6) is 0 Å². The van der Waals surface area contributed by atoms with Gasteiger partial charge in [-0.3, -0.25) is 4.79 Å². The number of hydrogen-bond donors (Lipinski definition) is 0. The molecular weight excluding hydrogens is 257 g/mol. The zero-order valence-corrected chi connectivity index (χ0v) is 11.2. The normalized spacial score (nSPS) is 20.4. The molecule has 2 aliphatic rings. The van der Waals surface area contributed by atoms with Gasteiger partial charge in [-0.1, -0.05) is 0 Å². The minimum atomic E-state index is -0.724. The molecule has 0 radical (unpaired) electrons. The Morgan fingerprint density at radius 2 is 1.75 bits per heavy atom. The van der Waals surface area contributed by atoms with Crippen molar-refractivity contribution in [2.75, 3.05) is 31.1 Å². The van der Waals surface area contributed by atoms with Gasteiger partial charge in [0.05, 0.1) is 6.07 Å². The van der Waals surface area contributed by atoms with Gasteiger partial charge in [0.1, 0.15) is 11.2 Å². The van der Waals surface area contributed by atoms with E-state index < -0.39 is 5.41 Å². The van der Waals surface area contributed by atoms with Crippen LogP contribution >= 0.6 is 0 Å². The molecule has 1 saturated heterocycles. The summed E-state index contributed by atoms with van der Waals surface area (Å²) in [5, 5.41) is 9.07. The van der Waals surface area contributed by atoms with Crippen LogP contribution in [0.15, 0.2) is 24.3 Å². The number of benzene rings is 1.